The van der Waals surface area contributed by atoms with Gasteiger partial charge in [-0.05, 0) is 31.9 Å². The Hall–Kier alpha value is -2.37. The lowest BCUT2D eigenvalue weighted by Gasteiger charge is -2.08. The SMILES string of the molecule is COC(=O)c1ccc(NCCCCn2ccnc2)nc1C. The second kappa shape index (κ2) is 7.42. The first-order valence-electron chi connectivity index (χ1n) is 6.96. The zero-order chi connectivity index (χ0) is 15.1. The second-order valence-corrected chi connectivity index (χ2v) is 4.76. The van der Waals surface area contributed by atoms with Crippen molar-refractivity contribution in [3.8, 4) is 0 Å². The molecule has 0 radical (unpaired) electrons. The van der Waals surface area contributed by atoms with Gasteiger partial charge in [0.25, 0.3) is 0 Å². The molecule has 0 atom stereocenters. The Bertz CT molecular complexity index is 581. The summed E-state index contributed by atoms with van der Waals surface area (Å²) in [5, 5.41) is 3.26. The second-order valence-electron chi connectivity index (χ2n) is 4.76. The van der Waals surface area contributed by atoms with E-state index in [1.165, 1.54) is 7.11 Å². The number of nitrogens with one attached hydrogen (secondary N) is 1. The molecule has 2 heterocycles. The molecule has 0 saturated carbocycles. The summed E-state index contributed by atoms with van der Waals surface area (Å²) >= 11 is 0. The van der Waals surface area contributed by atoms with Gasteiger partial charge in [-0.3, -0.25) is 0 Å². The number of aromatic nitrogens is 3. The van der Waals surface area contributed by atoms with Crippen LogP contribution in [0.15, 0.2) is 30.9 Å². The minimum atomic E-state index is -0.355. The van der Waals surface area contributed by atoms with Gasteiger partial charge in [-0.15, -0.1) is 0 Å². The van der Waals surface area contributed by atoms with Gasteiger partial charge in [0.15, 0.2) is 0 Å². The highest BCUT2D eigenvalue weighted by Crippen LogP contribution is 2.11. The van der Waals surface area contributed by atoms with Crippen LogP contribution in [0, 0.1) is 6.92 Å². The van der Waals surface area contributed by atoms with Gasteiger partial charge in [0, 0.05) is 25.5 Å². The van der Waals surface area contributed by atoms with E-state index < -0.39 is 0 Å². The molecule has 0 aliphatic heterocycles. The van der Waals surface area contributed by atoms with Gasteiger partial charge in [-0.1, -0.05) is 0 Å². The highest BCUT2D eigenvalue weighted by atomic mass is 16.5. The summed E-state index contributed by atoms with van der Waals surface area (Å²) < 4.78 is 6.76. The Labute approximate surface area is 124 Å². The lowest BCUT2D eigenvalue weighted by Crippen LogP contribution is -2.09. The minimum Gasteiger partial charge on any atom is -0.465 e. The number of esters is 1. The minimum absolute atomic E-state index is 0.355. The summed E-state index contributed by atoms with van der Waals surface area (Å²) in [6, 6.07) is 3.54. The zero-order valence-corrected chi connectivity index (χ0v) is 12.4. The van der Waals surface area contributed by atoms with E-state index >= 15 is 0 Å². The molecule has 2 rings (SSSR count). The van der Waals surface area contributed by atoms with E-state index in [1.54, 1.807) is 25.3 Å². The van der Waals surface area contributed by atoms with Gasteiger partial charge in [-0.2, -0.15) is 0 Å². The summed E-state index contributed by atoms with van der Waals surface area (Å²) in [7, 11) is 1.37. The smallest absolute Gasteiger partial charge is 0.339 e. The molecule has 0 saturated heterocycles. The van der Waals surface area contributed by atoms with E-state index in [4.69, 9.17) is 4.74 Å². The number of carbonyl (C=O) groups is 1. The molecule has 2 aromatic rings. The van der Waals surface area contributed by atoms with Gasteiger partial charge in [-0.25, -0.2) is 14.8 Å². The molecule has 6 nitrogen and oxygen atoms in total. The van der Waals surface area contributed by atoms with Gasteiger partial charge in [0.1, 0.15) is 5.82 Å². The first kappa shape index (κ1) is 15.0. The van der Waals surface area contributed by atoms with Crippen molar-refractivity contribution in [2.45, 2.75) is 26.3 Å². The Morgan fingerprint density at radius 1 is 1.38 bits per heavy atom. The third-order valence-corrected chi connectivity index (χ3v) is 3.20. The van der Waals surface area contributed by atoms with Crippen LogP contribution in [0.1, 0.15) is 28.9 Å². The number of rotatable bonds is 7. The average molecular weight is 288 g/mol. The number of imidazole rings is 1. The van der Waals surface area contributed by atoms with E-state index in [1.807, 2.05) is 12.5 Å². The van der Waals surface area contributed by atoms with E-state index in [9.17, 15) is 4.79 Å². The van der Waals surface area contributed by atoms with Gasteiger partial charge >= 0.3 is 5.97 Å². The van der Waals surface area contributed by atoms with E-state index in [0.29, 0.717) is 11.3 Å². The summed E-state index contributed by atoms with van der Waals surface area (Å²) in [6.07, 6.45) is 7.68. The van der Waals surface area contributed by atoms with Gasteiger partial charge in [0.05, 0.1) is 24.7 Å². The fraction of sp³-hybridized carbons (Fsp3) is 0.400. The number of unbranched alkanes of at least 4 members (excludes halogenated alkanes) is 1. The fourth-order valence-electron chi connectivity index (χ4n) is 2.04. The Morgan fingerprint density at radius 3 is 2.90 bits per heavy atom. The lowest BCUT2D eigenvalue weighted by atomic mass is 10.2. The third-order valence-electron chi connectivity index (χ3n) is 3.20. The Balaban J connectivity index is 1.75. The fourth-order valence-corrected chi connectivity index (χ4v) is 2.04. The number of anilines is 1. The molecule has 112 valence electrons. The summed E-state index contributed by atoms with van der Waals surface area (Å²) in [4.78, 5) is 19.8. The monoisotopic (exact) mass is 288 g/mol. The van der Waals surface area contributed by atoms with Gasteiger partial charge in [0.2, 0.25) is 0 Å². The molecule has 21 heavy (non-hydrogen) atoms. The molecule has 1 N–H and O–H groups in total. The summed E-state index contributed by atoms with van der Waals surface area (Å²) in [5.74, 6) is 0.426. The molecule has 0 amide bonds. The van der Waals surface area contributed by atoms with Crippen molar-refractivity contribution in [3.63, 3.8) is 0 Å². The van der Waals surface area contributed by atoms with E-state index in [2.05, 4.69) is 19.9 Å². The number of carbonyl (C=O) groups excluding carboxylic acids is 1. The molecule has 0 bridgehead atoms. The van der Waals surface area contributed by atoms with Crippen molar-refractivity contribution in [2.75, 3.05) is 19.0 Å². The van der Waals surface area contributed by atoms with Crippen LogP contribution in [0.5, 0.6) is 0 Å². The van der Waals surface area contributed by atoms with Crippen LogP contribution < -0.4 is 5.32 Å². The largest absolute Gasteiger partial charge is 0.465 e. The van der Waals surface area contributed by atoms with Crippen LogP contribution in [0.25, 0.3) is 0 Å². The number of methoxy groups -OCH3 is 1. The van der Waals surface area contributed by atoms with E-state index in [-0.39, 0.29) is 5.97 Å². The molecule has 2 aromatic heterocycles. The van der Waals surface area contributed by atoms with Crippen LogP contribution in [-0.4, -0.2) is 34.2 Å². The van der Waals surface area contributed by atoms with Crippen molar-refractivity contribution in [1.29, 1.82) is 0 Å². The number of nitrogens with zero attached hydrogens (tertiary/aromatic N) is 3. The van der Waals surface area contributed by atoms with Gasteiger partial charge < -0.3 is 14.6 Å². The highest BCUT2D eigenvalue weighted by molar-refractivity contribution is 5.90. The number of aryl methyl sites for hydroxylation is 2. The van der Waals surface area contributed by atoms with Crippen LogP contribution in [0.2, 0.25) is 0 Å². The Kier molecular flexibility index (Phi) is 5.31. The van der Waals surface area contributed by atoms with Crippen molar-refractivity contribution >= 4 is 11.8 Å². The van der Waals surface area contributed by atoms with Crippen molar-refractivity contribution < 1.29 is 9.53 Å². The van der Waals surface area contributed by atoms with Crippen LogP contribution in [0.4, 0.5) is 5.82 Å². The normalized spacial score (nSPS) is 10.4. The van der Waals surface area contributed by atoms with Crippen molar-refractivity contribution in [3.05, 3.63) is 42.1 Å². The third kappa shape index (κ3) is 4.30. The standard InChI is InChI=1S/C15H20N4O2/c1-12-13(15(20)21-2)5-6-14(18-12)17-7-3-4-9-19-10-8-16-11-19/h5-6,8,10-11H,3-4,7,9H2,1-2H3,(H,17,18). The summed E-state index contributed by atoms with van der Waals surface area (Å²) in [6.45, 7) is 3.62. The van der Waals surface area contributed by atoms with Crippen LogP contribution >= 0.6 is 0 Å². The predicted octanol–water partition coefficient (Wildman–Crippen LogP) is 2.27. The number of ether oxygens (including phenoxy) is 1. The maximum Gasteiger partial charge on any atom is 0.339 e. The molecular formula is C15H20N4O2. The quantitative estimate of drug-likeness (QED) is 0.625. The topological polar surface area (TPSA) is 69.0 Å². The first-order chi connectivity index (χ1) is 10.2. The van der Waals surface area contributed by atoms with Crippen molar-refractivity contribution in [2.24, 2.45) is 0 Å². The summed E-state index contributed by atoms with van der Waals surface area (Å²) in [5.41, 5.74) is 1.17. The zero-order valence-electron chi connectivity index (χ0n) is 12.4. The average Bonchev–Trinajstić information content (AvgIpc) is 2.99. The van der Waals surface area contributed by atoms with Crippen LogP contribution in [-0.2, 0) is 11.3 Å². The van der Waals surface area contributed by atoms with Crippen LogP contribution in [0.3, 0.4) is 0 Å². The molecule has 0 aliphatic rings. The molecule has 6 heteroatoms. The predicted molar refractivity (Wildman–Crippen MR) is 80.3 cm³/mol. The highest BCUT2D eigenvalue weighted by Gasteiger charge is 2.10. The maximum absolute atomic E-state index is 11.5. The number of hydrogen-bond donors (Lipinski definition) is 1. The van der Waals surface area contributed by atoms with Crippen molar-refractivity contribution in [1.82, 2.24) is 14.5 Å². The Morgan fingerprint density at radius 2 is 2.24 bits per heavy atom. The number of hydrogen-bond acceptors (Lipinski definition) is 5. The molecule has 0 fully saturated rings. The lowest BCUT2D eigenvalue weighted by molar-refractivity contribution is 0.0599. The molecule has 0 spiro atoms. The molecule has 0 unspecified atom stereocenters. The van der Waals surface area contributed by atoms with E-state index in [0.717, 1.165) is 31.7 Å². The maximum atomic E-state index is 11.5. The first-order valence-corrected chi connectivity index (χ1v) is 6.96. The number of pyridine rings is 1. The molecular weight excluding hydrogens is 268 g/mol. The molecule has 0 aromatic carbocycles. The molecule has 0 aliphatic carbocycles.